The van der Waals surface area contributed by atoms with Crippen LogP contribution in [0.3, 0.4) is 0 Å². The van der Waals surface area contributed by atoms with E-state index in [0.29, 0.717) is 25.7 Å². The van der Waals surface area contributed by atoms with Crippen LogP contribution in [0.4, 0.5) is 0 Å². The molecule has 1 unspecified atom stereocenters. The average molecular weight is 262 g/mol. The Morgan fingerprint density at radius 3 is 2.79 bits per heavy atom. The monoisotopic (exact) mass is 262 g/mol. The molecule has 0 aliphatic rings. The van der Waals surface area contributed by atoms with E-state index in [0.717, 1.165) is 11.3 Å². The van der Waals surface area contributed by atoms with Crippen LogP contribution in [0.5, 0.6) is 5.75 Å². The van der Waals surface area contributed by atoms with Gasteiger partial charge in [0, 0.05) is 19.6 Å². The smallest absolute Gasteiger partial charge is 0.119 e. The number of nitriles is 1. The predicted octanol–water partition coefficient (Wildman–Crippen LogP) is 2.49. The van der Waals surface area contributed by atoms with E-state index in [-0.39, 0.29) is 6.04 Å². The summed E-state index contributed by atoms with van der Waals surface area (Å²) < 4.78 is 10.7. The Balaban J connectivity index is 2.40. The zero-order valence-electron chi connectivity index (χ0n) is 11.8. The number of methoxy groups -OCH3 is 1. The van der Waals surface area contributed by atoms with Gasteiger partial charge in [-0.15, -0.1) is 0 Å². The highest BCUT2D eigenvalue weighted by molar-refractivity contribution is 5.28. The minimum Gasteiger partial charge on any atom is -0.493 e. The molecule has 1 N–H and O–H groups in total. The largest absolute Gasteiger partial charge is 0.493 e. The van der Waals surface area contributed by atoms with Gasteiger partial charge in [-0.05, 0) is 31.5 Å². The van der Waals surface area contributed by atoms with Crippen molar-refractivity contribution >= 4 is 0 Å². The van der Waals surface area contributed by atoms with Crippen molar-refractivity contribution in [2.75, 3.05) is 13.7 Å². The standard InChI is InChI=1S/C15H22N2O2/c1-12(2)17-14(10-16)7-8-19-15-6-4-5-13(9-15)11-18-3/h4-6,9,12,14,17H,7-8,11H2,1-3H3. The van der Waals surface area contributed by atoms with Gasteiger partial charge in [-0.25, -0.2) is 0 Å². The first-order valence-corrected chi connectivity index (χ1v) is 6.52. The molecule has 104 valence electrons. The van der Waals surface area contributed by atoms with Crippen molar-refractivity contribution in [3.05, 3.63) is 29.8 Å². The summed E-state index contributed by atoms with van der Waals surface area (Å²) in [4.78, 5) is 0. The van der Waals surface area contributed by atoms with Crippen molar-refractivity contribution in [3.63, 3.8) is 0 Å². The molecular formula is C15H22N2O2. The van der Waals surface area contributed by atoms with Gasteiger partial charge in [0.25, 0.3) is 0 Å². The SMILES string of the molecule is COCc1cccc(OCCC(C#N)NC(C)C)c1. The van der Waals surface area contributed by atoms with Crippen molar-refractivity contribution in [2.45, 2.75) is 39.0 Å². The van der Waals surface area contributed by atoms with Crippen LogP contribution in [0.15, 0.2) is 24.3 Å². The molecule has 0 spiro atoms. The summed E-state index contributed by atoms with van der Waals surface area (Å²) in [6, 6.07) is 10.2. The number of rotatable bonds is 8. The maximum Gasteiger partial charge on any atom is 0.119 e. The Bertz CT molecular complexity index is 413. The highest BCUT2D eigenvalue weighted by atomic mass is 16.5. The molecule has 19 heavy (non-hydrogen) atoms. The molecule has 0 aliphatic heterocycles. The van der Waals surface area contributed by atoms with Crippen LogP contribution in [0, 0.1) is 11.3 Å². The van der Waals surface area contributed by atoms with E-state index in [2.05, 4.69) is 11.4 Å². The fourth-order valence-electron chi connectivity index (χ4n) is 1.77. The molecular weight excluding hydrogens is 240 g/mol. The molecule has 0 aliphatic carbocycles. The van der Waals surface area contributed by atoms with Crippen LogP contribution in [0.2, 0.25) is 0 Å². The van der Waals surface area contributed by atoms with E-state index in [1.165, 1.54) is 0 Å². The first kappa shape index (κ1) is 15.5. The Labute approximate surface area is 115 Å². The maximum absolute atomic E-state index is 9.00. The molecule has 4 nitrogen and oxygen atoms in total. The van der Waals surface area contributed by atoms with Crippen molar-refractivity contribution in [1.29, 1.82) is 5.26 Å². The second-order valence-electron chi connectivity index (χ2n) is 4.72. The number of benzene rings is 1. The number of hydrogen-bond acceptors (Lipinski definition) is 4. The lowest BCUT2D eigenvalue weighted by Gasteiger charge is -2.15. The average Bonchev–Trinajstić information content (AvgIpc) is 2.38. The third-order valence-electron chi connectivity index (χ3n) is 2.58. The number of nitrogens with zero attached hydrogens (tertiary/aromatic N) is 1. The van der Waals surface area contributed by atoms with Crippen LogP contribution in [-0.2, 0) is 11.3 Å². The van der Waals surface area contributed by atoms with Gasteiger partial charge in [0.05, 0.1) is 25.3 Å². The van der Waals surface area contributed by atoms with Crippen LogP contribution in [0.1, 0.15) is 25.8 Å². The van der Waals surface area contributed by atoms with E-state index < -0.39 is 0 Å². The Morgan fingerprint density at radius 1 is 1.37 bits per heavy atom. The van der Waals surface area contributed by atoms with Crippen molar-refractivity contribution in [1.82, 2.24) is 5.32 Å². The van der Waals surface area contributed by atoms with Crippen LogP contribution < -0.4 is 10.1 Å². The highest BCUT2D eigenvalue weighted by Crippen LogP contribution is 2.14. The lowest BCUT2D eigenvalue weighted by atomic mass is 10.2. The van der Waals surface area contributed by atoms with Gasteiger partial charge in [0.15, 0.2) is 0 Å². The van der Waals surface area contributed by atoms with Crippen molar-refractivity contribution in [3.8, 4) is 11.8 Å². The van der Waals surface area contributed by atoms with Gasteiger partial charge in [0.2, 0.25) is 0 Å². The van der Waals surface area contributed by atoms with Gasteiger partial charge in [-0.3, -0.25) is 5.32 Å². The van der Waals surface area contributed by atoms with E-state index in [9.17, 15) is 0 Å². The Kier molecular flexibility index (Phi) is 6.94. The summed E-state index contributed by atoms with van der Waals surface area (Å²) in [7, 11) is 1.67. The Morgan fingerprint density at radius 2 is 2.16 bits per heavy atom. The molecule has 0 amide bonds. The molecule has 0 saturated carbocycles. The molecule has 0 aromatic heterocycles. The first-order chi connectivity index (χ1) is 9.15. The molecule has 1 aromatic rings. The number of nitrogens with one attached hydrogen (secondary N) is 1. The molecule has 1 rings (SSSR count). The van der Waals surface area contributed by atoms with Crippen molar-refractivity contribution < 1.29 is 9.47 Å². The van der Waals surface area contributed by atoms with Gasteiger partial charge in [-0.1, -0.05) is 12.1 Å². The van der Waals surface area contributed by atoms with Crippen LogP contribution in [-0.4, -0.2) is 25.8 Å². The number of hydrogen-bond donors (Lipinski definition) is 1. The van der Waals surface area contributed by atoms with E-state index >= 15 is 0 Å². The van der Waals surface area contributed by atoms with Gasteiger partial charge in [0.1, 0.15) is 5.75 Å². The third kappa shape index (κ3) is 6.23. The van der Waals surface area contributed by atoms with Gasteiger partial charge < -0.3 is 9.47 Å². The van der Waals surface area contributed by atoms with Crippen LogP contribution in [0.25, 0.3) is 0 Å². The highest BCUT2D eigenvalue weighted by Gasteiger charge is 2.08. The maximum atomic E-state index is 9.00. The Hall–Kier alpha value is -1.57. The molecule has 0 radical (unpaired) electrons. The quantitative estimate of drug-likeness (QED) is 0.782. The summed E-state index contributed by atoms with van der Waals surface area (Å²) in [5.41, 5.74) is 1.08. The first-order valence-electron chi connectivity index (χ1n) is 6.52. The van der Waals surface area contributed by atoms with E-state index in [1.807, 2.05) is 38.1 Å². The topological polar surface area (TPSA) is 54.3 Å². The lowest BCUT2D eigenvalue weighted by molar-refractivity contribution is 0.184. The molecule has 0 bridgehead atoms. The summed E-state index contributed by atoms with van der Waals surface area (Å²) in [5, 5.41) is 12.2. The second kappa shape index (κ2) is 8.52. The van der Waals surface area contributed by atoms with Crippen molar-refractivity contribution in [2.24, 2.45) is 0 Å². The minimum atomic E-state index is -0.165. The van der Waals surface area contributed by atoms with Gasteiger partial charge in [-0.2, -0.15) is 5.26 Å². The molecule has 1 aromatic carbocycles. The van der Waals surface area contributed by atoms with Crippen LogP contribution >= 0.6 is 0 Å². The second-order valence-corrected chi connectivity index (χ2v) is 4.72. The lowest BCUT2D eigenvalue weighted by Crippen LogP contribution is -2.34. The minimum absolute atomic E-state index is 0.165. The zero-order chi connectivity index (χ0) is 14.1. The summed E-state index contributed by atoms with van der Waals surface area (Å²) >= 11 is 0. The summed E-state index contributed by atoms with van der Waals surface area (Å²) in [5.74, 6) is 0.816. The fourth-order valence-corrected chi connectivity index (χ4v) is 1.77. The normalized spacial score (nSPS) is 12.2. The van der Waals surface area contributed by atoms with E-state index in [1.54, 1.807) is 7.11 Å². The molecule has 0 fully saturated rings. The molecule has 1 atom stereocenters. The number of ether oxygens (including phenoxy) is 2. The fraction of sp³-hybridized carbons (Fsp3) is 0.533. The summed E-state index contributed by atoms with van der Waals surface area (Å²) in [6.07, 6.45) is 0.670. The zero-order valence-corrected chi connectivity index (χ0v) is 11.8. The summed E-state index contributed by atoms with van der Waals surface area (Å²) in [6.45, 7) is 5.15. The van der Waals surface area contributed by atoms with E-state index in [4.69, 9.17) is 14.7 Å². The predicted molar refractivity (Wildman–Crippen MR) is 74.9 cm³/mol. The molecule has 4 heteroatoms. The third-order valence-corrected chi connectivity index (χ3v) is 2.58. The molecule has 0 saturated heterocycles. The van der Waals surface area contributed by atoms with Gasteiger partial charge >= 0.3 is 0 Å². The molecule has 0 heterocycles.